The number of hydrogen-bond donors (Lipinski definition) is 0. The lowest BCUT2D eigenvalue weighted by Crippen LogP contribution is -1.80. The molecule has 0 aliphatic heterocycles. The molecule has 0 bridgehead atoms. The molecule has 0 saturated carbocycles. The molecule has 0 heteroatoms. The second-order valence-corrected chi connectivity index (χ2v) is 3.83. The van der Waals surface area contributed by atoms with Gasteiger partial charge in [-0.2, -0.15) is 0 Å². The van der Waals surface area contributed by atoms with Crippen LogP contribution in [-0.4, -0.2) is 0 Å². The summed E-state index contributed by atoms with van der Waals surface area (Å²) in [5.74, 6) is 0. The van der Waals surface area contributed by atoms with Gasteiger partial charge in [-0.1, -0.05) is 78.1 Å². The summed E-state index contributed by atoms with van der Waals surface area (Å²) in [7, 11) is 0. The van der Waals surface area contributed by atoms with Crippen LogP contribution >= 0.6 is 0 Å². The van der Waals surface area contributed by atoms with Crippen molar-refractivity contribution >= 4 is 0 Å². The molecule has 0 rings (SSSR count). The summed E-state index contributed by atoms with van der Waals surface area (Å²) in [6.45, 7) is 4.56. The van der Waals surface area contributed by atoms with Crippen LogP contribution in [0.2, 0.25) is 0 Å². The Balaban J connectivity index is 2.73. The zero-order chi connectivity index (χ0) is 9.07. The van der Waals surface area contributed by atoms with Gasteiger partial charge in [0.25, 0.3) is 0 Å². The van der Waals surface area contributed by atoms with Gasteiger partial charge < -0.3 is 0 Å². The van der Waals surface area contributed by atoms with E-state index < -0.39 is 0 Å². The van der Waals surface area contributed by atoms with Crippen LogP contribution in [0.25, 0.3) is 0 Å². The molecule has 74 valence electrons. The van der Waals surface area contributed by atoms with Crippen molar-refractivity contribution in [3.8, 4) is 0 Å². The SMILES string of the molecule is CCCCCCC[14CH2]CCCC. The van der Waals surface area contributed by atoms with E-state index in [0.717, 1.165) is 0 Å². The first-order valence-corrected chi connectivity index (χ1v) is 5.91. The molecule has 0 fully saturated rings. The van der Waals surface area contributed by atoms with Crippen LogP contribution in [0.15, 0.2) is 0 Å². The normalized spacial score (nSPS) is 10.5. The highest BCUT2D eigenvalue weighted by molar-refractivity contribution is 4.45. The van der Waals surface area contributed by atoms with E-state index in [1.54, 1.807) is 0 Å². The van der Waals surface area contributed by atoms with Crippen LogP contribution in [-0.2, 0) is 0 Å². The Kier molecular flexibility index (Phi) is 11.0. The second kappa shape index (κ2) is 11.0. The van der Waals surface area contributed by atoms with Gasteiger partial charge in [0.2, 0.25) is 0 Å². The van der Waals surface area contributed by atoms with Crippen LogP contribution < -0.4 is 0 Å². The first kappa shape index (κ1) is 12.0. The van der Waals surface area contributed by atoms with Gasteiger partial charge in [-0.15, -0.1) is 0 Å². The average molecular weight is 172 g/mol. The lowest BCUT2D eigenvalue weighted by Gasteiger charge is -1.99. The zero-order valence-corrected chi connectivity index (χ0v) is 9.07. The van der Waals surface area contributed by atoms with Crippen molar-refractivity contribution in [2.24, 2.45) is 0 Å². The second-order valence-electron chi connectivity index (χ2n) is 3.83. The molecular weight excluding hydrogens is 146 g/mol. The summed E-state index contributed by atoms with van der Waals surface area (Å²) in [6, 6.07) is 0. The Morgan fingerprint density at radius 1 is 0.667 bits per heavy atom. The van der Waals surface area contributed by atoms with Crippen molar-refractivity contribution in [3.05, 3.63) is 0 Å². The highest BCUT2D eigenvalue weighted by Crippen LogP contribution is 2.09. The summed E-state index contributed by atoms with van der Waals surface area (Å²) in [4.78, 5) is 0. The molecule has 0 aromatic rings. The van der Waals surface area contributed by atoms with Gasteiger partial charge >= 0.3 is 0 Å². The van der Waals surface area contributed by atoms with E-state index in [1.165, 1.54) is 64.2 Å². The fourth-order valence-corrected chi connectivity index (χ4v) is 1.56. The van der Waals surface area contributed by atoms with Crippen LogP contribution in [0.1, 0.15) is 78.1 Å². The van der Waals surface area contributed by atoms with Crippen LogP contribution in [0.4, 0.5) is 0 Å². The molecule has 0 saturated heterocycles. The molecule has 0 radical (unpaired) electrons. The van der Waals surface area contributed by atoms with Gasteiger partial charge in [0.15, 0.2) is 0 Å². The molecule has 0 aliphatic rings. The smallest absolute Gasteiger partial charge is 0.0533 e. The fourth-order valence-electron chi connectivity index (χ4n) is 1.56. The van der Waals surface area contributed by atoms with E-state index >= 15 is 0 Å². The van der Waals surface area contributed by atoms with E-state index in [1.807, 2.05) is 0 Å². The van der Waals surface area contributed by atoms with E-state index in [-0.39, 0.29) is 0 Å². The quantitative estimate of drug-likeness (QED) is 0.433. The Bertz CT molecular complexity index is 56.4. The number of rotatable bonds is 9. The van der Waals surface area contributed by atoms with Crippen LogP contribution in [0.5, 0.6) is 0 Å². The Morgan fingerprint density at radius 2 is 1.25 bits per heavy atom. The largest absolute Gasteiger partial charge is 0.0654 e. The molecule has 0 aromatic heterocycles. The third-order valence-electron chi connectivity index (χ3n) is 2.46. The highest BCUT2D eigenvalue weighted by atomic mass is 14.8. The van der Waals surface area contributed by atoms with Gasteiger partial charge in [-0.3, -0.25) is 0 Å². The Labute approximate surface area is 78.8 Å². The lowest BCUT2D eigenvalue weighted by molar-refractivity contribution is 0.562. The van der Waals surface area contributed by atoms with Gasteiger partial charge in [-0.25, -0.2) is 0 Å². The third kappa shape index (κ3) is 10.0. The van der Waals surface area contributed by atoms with Gasteiger partial charge in [0, 0.05) is 0 Å². The molecule has 0 unspecified atom stereocenters. The zero-order valence-electron chi connectivity index (χ0n) is 9.07. The van der Waals surface area contributed by atoms with Gasteiger partial charge in [0.05, 0.1) is 0 Å². The molecule has 0 atom stereocenters. The van der Waals surface area contributed by atoms with E-state index in [2.05, 4.69) is 13.8 Å². The lowest BCUT2D eigenvalue weighted by atomic mass is 10.1. The molecule has 0 nitrogen and oxygen atoms in total. The molecule has 0 N–H and O–H groups in total. The third-order valence-corrected chi connectivity index (χ3v) is 2.46. The van der Waals surface area contributed by atoms with Crippen molar-refractivity contribution in [2.45, 2.75) is 78.1 Å². The fraction of sp³-hybridized carbons (Fsp3) is 1.00. The van der Waals surface area contributed by atoms with Crippen molar-refractivity contribution in [1.82, 2.24) is 0 Å². The van der Waals surface area contributed by atoms with E-state index in [4.69, 9.17) is 0 Å². The first-order chi connectivity index (χ1) is 5.91. The summed E-state index contributed by atoms with van der Waals surface area (Å²) in [5, 5.41) is 0. The molecule has 0 aliphatic carbocycles. The summed E-state index contributed by atoms with van der Waals surface area (Å²) < 4.78 is 0. The molecule has 0 amide bonds. The van der Waals surface area contributed by atoms with E-state index in [9.17, 15) is 0 Å². The summed E-state index contributed by atoms with van der Waals surface area (Å²) >= 11 is 0. The first-order valence-electron chi connectivity index (χ1n) is 5.91. The Morgan fingerprint density at radius 3 is 1.92 bits per heavy atom. The van der Waals surface area contributed by atoms with Crippen LogP contribution in [0.3, 0.4) is 0 Å². The predicted molar refractivity (Wildman–Crippen MR) is 57.5 cm³/mol. The standard InChI is InChI=1S/C12H26/c1-3-5-7-9-11-12-10-8-6-4-2/h3-12H2,1-2H3/i9+2. The van der Waals surface area contributed by atoms with Gasteiger partial charge in [0.1, 0.15) is 0 Å². The van der Waals surface area contributed by atoms with Crippen molar-refractivity contribution in [1.29, 1.82) is 0 Å². The number of hydrogen-bond acceptors (Lipinski definition) is 0. The monoisotopic (exact) mass is 172 g/mol. The molecule has 12 heavy (non-hydrogen) atoms. The maximum atomic E-state index is 2.28. The Hall–Kier alpha value is 0. The minimum atomic E-state index is 1.37. The number of unbranched alkanes of at least 4 members (excludes halogenated alkanes) is 9. The van der Waals surface area contributed by atoms with Crippen LogP contribution in [0, 0.1) is 0 Å². The van der Waals surface area contributed by atoms with Crippen molar-refractivity contribution in [2.75, 3.05) is 0 Å². The molecule has 0 spiro atoms. The summed E-state index contributed by atoms with van der Waals surface area (Å²) in [6.07, 6.45) is 14.4. The minimum absolute atomic E-state index is 1.37. The van der Waals surface area contributed by atoms with Crippen molar-refractivity contribution in [3.63, 3.8) is 0 Å². The highest BCUT2D eigenvalue weighted by Gasteiger charge is 1.90. The maximum Gasteiger partial charge on any atom is -0.0533 e. The maximum absolute atomic E-state index is 2.28. The predicted octanol–water partition coefficient (Wildman–Crippen LogP) is 4.93. The molecular formula is C12H26. The minimum Gasteiger partial charge on any atom is -0.0654 e. The van der Waals surface area contributed by atoms with Gasteiger partial charge in [-0.05, 0) is 0 Å². The topological polar surface area (TPSA) is 0 Å². The molecule has 0 heterocycles. The molecule has 0 aromatic carbocycles. The average Bonchev–Trinajstić information content (AvgIpc) is 2.10. The van der Waals surface area contributed by atoms with Crippen molar-refractivity contribution < 1.29 is 0 Å². The van der Waals surface area contributed by atoms with E-state index in [0.29, 0.717) is 0 Å². The summed E-state index contributed by atoms with van der Waals surface area (Å²) in [5.41, 5.74) is 0.